The van der Waals surface area contributed by atoms with Crippen molar-refractivity contribution >= 4 is 17.5 Å². The van der Waals surface area contributed by atoms with Crippen molar-refractivity contribution in [3.63, 3.8) is 0 Å². The Bertz CT molecular complexity index is 523. The second-order valence-electron chi connectivity index (χ2n) is 5.68. The van der Waals surface area contributed by atoms with Gasteiger partial charge in [0.25, 0.3) is 0 Å². The molecular formula is C17H24N2O2. The molecule has 1 aromatic carbocycles. The molecule has 1 aliphatic heterocycles. The van der Waals surface area contributed by atoms with E-state index in [1.807, 2.05) is 43.9 Å². The number of hydrogen-bond donors (Lipinski definition) is 1. The number of anilines is 1. The molecule has 0 fully saturated rings. The lowest BCUT2D eigenvalue weighted by Gasteiger charge is -2.23. The molecular weight excluding hydrogens is 264 g/mol. The van der Waals surface area contributed by atoms with Gasteiger partial charge < -0.3 is 10.2 Å². The van der Waals surface area contributed by atoms with Crippen LogP contribution in [0.25, 0.3) is 0 Å². The fourth-order valence-electron chi connectivity index (χ4n) is 3.00. The van der Waals surface area contributed by atoms with Crippen LogP contribution in [0.5, 0.6) is 0 Å². The number of hydrogen-bond acceptors (Lipinski definition) is 2. The number of nitrogens with zero attached hydrogens (tertiary/aromatic N) is 1. The molecule has 0 radical (unpaired) electrons. The summed E-state index contributed by atoms with van der Waals surface area (Å²) < 4.78 is 0. The predicted molar refractivity (Wildman–Crippen MR) is 84.2 cm³/mol. The standard InChI is InChI=1S/C17H24N2O2/c1-4-13(5-2)17(21)18-11-16(20)19-12(3)10-14-8-6-7-9-15(14)19/h6-9,12-13H,4-5,10-11H2,1-3H3,(H,18,21). The van der Waals surface area contributed by atoms with E-state index in [2.05, 4.69) is 11.4 Å². The molecule has 21 heavy (non-hydrogen) atoms. The van der Waals surface area contributed by atoms with Crippen LogP contribution in [0.4, 0.5) is 5.69 Å². The van der Waals surface area contributed by atoms with Gasteiger partial charge in [-0.05, 0) is 37.8 Å². The fourth-order valence-corrected chi connectivity index (χ4v) is 3.00. The van der Waals surface area contributed by atoms with Crippen molar-refractivity contribution in [2.75, 3.05) is 11.4 Å². The minimum Gasteiger partial charge on any atom is -0.347 e. The molecule has 0 bridgehead atoms. The van der Waals surface area contributed by atoms with Gasteiger partial charge >= 0.3 is 0 Å². The van der Waals surface area contributed by atoms with Gasteiger partial charge in [0.05, 0.1) is 6.54 Å². The molecule has 0 aromatic heterocycles. The SMILES string of the molecule is CCC(CC)C(=O)NCC(=O)N1c2ccccc2CC1C. The largest absolute Gasteiger partial charge is 0.347 e. The van der Waals surface area contributed by atoms with Crippen LogP contribution < -0.4 is 10.2 Å². The normalized spacial score (nSPS) is 17.0. The van der Waals surface area contributed by atoms with Gasteiger partial charge in [-0.3, -0.25) is 9.59 Å². The molecule has 0 saturated carbocycles. The Balaban J connectivity index is 2.00. The van der Waals surface area contributed by atoms with E-state index in [9.17, 15) is 9.59 Å². The first-order valence-corrected chi connectivity index (χ1v) is 7.76. The molecule has 4 heteroatoms. The molecule has 0 saturated heterocycles. The molecule has 2 amide bonds. The summed E-state index contributed by atoms with van der Waals surface area (Å²) in [5.74, 6) is -0.0543. The highest BCUT2D eigenvalue weighted by Crippen LogP contribution is 2.31. The molecule has 1 aliphatic rings. The summed E-state index contributed by atoms with van der Waals surface area (Å²) in [4.78, 5) is 26.2. The predicted octanol–water partition coefficient (Wildman–Crippen LogP) is 2.52. The number of para-hydroxylation sites is 1. The molecule has 1 atom stereocenters. The number of carbonyl (C=O) groups excluding carboxylic acids is 2. The first kappa shape index (κ1) is 15.5. The van der Waals surface area contributed by atoms with E-state index < -0.39 is 0 Å². The summed E-state index contributed by atoms with van der Waals surface area (Å²) in [5.41, 5.74) is 2.18. The maximum absolute atomic E-state index is 12.4. The molecule has 1 aromatic rings. The lowest BCUT2D eigenvalue weighted by molar-refractivity contribution is -0.128. The number of rotatable bonds is 5. The van der Waals surface area contributed by atoms with Crippen molar-refractivity contribution in [3.05, 3.63) is 29.8 Å². The summed E-state index contributed by atoms with van der Waals surface area (Å²) in [6.45, 7) is 6.11. The summed E-state index contributed by atoms with van der Waals surface area (Å²) in [5, 5.41) is 2.78. The van der Waals surface area contributed by atoms with Gasteiger partial charge in [0, 0.05) is 17.6 Å². The maximum atomic E-state index is 12.4. The lowest BCUT2D eigenvalue weighted by atomic mass is 10.0. The quantitative estimate of drug-likeness (QED) is 0.905. The Morgan fingerprint density at radius 1 is 1.29 bits per heavy atom. The van der Waals surface area contributed by atoms with Gasteiger partial charge in [-0.15, -0.1) is 0 Å². The molecule has 0 spiro atoms. The molecule has 1 N–H and O–H groups in total. The van der Waals surface area contributed by atoms with Gasteiger partial charge in [0.2, 0.25) is 11.8 Å². The summed E-state index contributed by atoms with van der Waals surface area (Å²) in [6.07, 6.45) is 2.49. The van der Waals surface area contributed by atoms with Gasteiger partial charge in [0.1, 0.15) is 0 Å². The zero-order valence-corrected chi connectivity index (χ0v) is 13.1. The highest BCUT2D eigenvalue weighted by Gasteiger charge is 2.30. The Labute approximate surface area is 126 Å². The first-order valence-electron chi connectivity index (χ1n) is 7.76. The maximum Gasteiger partial charge on any atom is 0.246 e. The van der Waals surface area contributed by atoms with Crippen LogP contribution in [0.15, 0.2) is 24.3 Å². The Kier molecular flexibility index (Phi) is 4.99. The van der Waals surface area contributed by atoms with Crippen LogP contribution in [-0.2, 0) is 16.0 Å². The minimum atomic E-state index is -0.0354. The van der Waals surface area contributed by atoms with Crippen LogP contribution in [0, 0.1) is 5.92 Å². The average molecular weight is 288 g/mol. The van der Waals surface area contributed by atoms with Crippen molar-refractivity contribution in [1.82, 2.24) is 5.32 Å². The van der Waals surface area contributed by atoms with E-state index in [4.69, 9.17) is 0 Å². The van der Waals surface area contributed by atoms with Crippen LogP contribution in [-0.4, -0.2) is 24.4 Å². The van der Waals surface area contributed by atoms with Crippen LogP contribution in [0.1, 0.15) is 39.2 Å². The van der Waals surface area contributed by atoms with Crippen molar-refractivity contribution < 1.29 is 9.59 Å². The van der Waals surface area contributed by atoms with E-state index in [-0.39, 0.29) is 30.3 Å². The minimum absolute atomic E-state index is 0.00101. The fraction of sp³-hybridized carbons (Fsp3) is 0.529. The Morgan fingerprint density at radius 2 is 1.95 bits per heavy atom. The van der Waals surface area contributed by atoms with Crippen LogP contribution in [0.3, 0.4) is 0 Å². The van der Waals surface area contributed by atoms with E-state index in [0.717, 1.165) is 24.9 Å². The van der Waals surface area contributed by atoms with Crippen molar-refractivity contribution in [3.8, 4) is 0 Å². The van der Waals surface area contributed by atoms with Crippen molar-refractivity contribution in [1.29, 1.82) is 0 Å². The smallest absolute Gasteiger partial charge is 0.246 e. The van der Waals surface area contributed by atoms with Crippen LogP contribution in [0.2, 0.25) is 0 Å². The van der Waals surface area contributed by atoms with Gasteiger partial charge in [-0.25, -0.2) is 0 Å². The Hall–Kier alpha value is -1.84. The zero-order valence-electron chi connectivity index (χ0n) is 13.1. The lowest BCUT2D eigenvalue weighted by Crippen LogP contribution is -2.44. The first-order chi connectivity index (χ1) is 10.1. The topological polar surface area (TPSA) is 49.4 Å². The third-order valence-electron chi connectivity index (χ3n) is 4.25. The summed E-state index contributed by atoms with van der Waals surface area (Å²) >= 11 is 0. The molecule has 4 nitrogen and oxygen atoms in total. The second kappa shape index (κ2) is 6.74. The third kappa shape index (κ3) is 3.26. The zero-order chi connectivity index (χ0) is 15.4. The number of amides is 2. The Morgan fingerprint density at radius 3 is 2.62 bits per heavy atom. The molecule has 114 valence electrons. The number of benzene rings is 1. The molecule has 1 heterocycles. The molecule has 0 aliphatic carbocycles. The van der Waals surface area contributed by atoms with E-state index in [1.165, 1.54) is 5.56 Å². The van der Waals surface area contributed by atoms with Gasteiger partial charge in [-0.2, -0.15) is 0 Å². The van der Waals surface area contributed by atoms with Crippen molar-refractivity contribution in [2.45, 2.75) is 46.1 Å². The average Bonchev–Trinajstić information content (AvgIpc) is 2.82. The highest BCUT2D eigenvalue weighted by molar-refractivity contribution is 5.99. The molecule has 1 unspecified atom stereocenters. The van der Waals surface area contributed by atoms with Gasteiger partial charge in [0.15, 0.2) is 0 Å². The number of nitrogens with one attached hydrogen (secondary N) is 1. The molecule has 2 rings (SSSR count). The van der Waals surface area contributed by atoms with E-state index in [0.29, 0.717) is 0 Å². The number of fused-ring (bicyclic) bond motifs is 1. The second-order valence-corrected chi connectivity index (χ2v) is 5.68. The third-order valence-corrected chi connectivity index (χ3v) is 4.25. The van der Waals surface area contributed by atoms with Gasteiger partial charge in [-0.1, -0.05) is 32.0 Å². The van der Waals surface area contributed by atoms with E-state index >= 15 is 0 Å². The monoisotopic (exact) mass is 288 g/mol. The highest BCUT2D eigenvalue weighted by atomic mass is 16.2. The van der Waals surface area contributed by atoms with E-state index in [1.54, 1.807) is 0 Å². The summed E-state index contributed by atoms with van der Waals surface area (Å²) in [7, 11) is 0. The summed E-state index contributed by atoms with van der Waals surface area (Å²) in [6, 6.07) is 8.12. The van der Waals surface area contributed by atoms with Crippen LogP contribution >= 0.6 is 0 Å². The van der Waals surface area contributed by atoms with Crippen molar-refractivity contribution in [2.24, 2.45) is 5.92 Å². The number of carbonyl (C=O) groups is 2.